The van der Waals surface area contributed by atoms with Gasteiger partial charge in [0.15, 0.2) is 0 Å². The Morgan fingerprint density at radius 3 is 2.68 bits per heavy atom. The lowest BCUT2D eigenvalue weighted by atomic mass is 10.1. The van der Waals surface area contributed by atoms with Gasteiger partial charge in [0, 0.05) is 12.4 Å². The van der Waals surface area contributed by atoms with Crippen molar-refractivity contribution >= 4 is 0 Å². The molecule has 0 amide bonds. The van der Waals surface area contributed by atoms with Crippen molar-refractivity contribution in [2.24, 2.45) is 0 Å². The fourth-order valence-corrected chi connectivity index (χ4v) is 2.05. The second-order valence-corrected chi connectivity index (χ2v) is 4.72. The van der Waals surface area contributed by atoms with Gasteiger partial charge in [-0.1, -0.05) is 12.1 Å². The van der Waals surface area contributed by atoms with Gasteiger partial charge in [-0.3, -0.25) is 0 Å². The number of rotatable bonds is 5. The van der Waals surface area contributed by atoms with Crippen LogP contribution in [0.1, 0.15) is 30.3 Å². The van der Waals surface area contributed by atoms with Gasteiger partial charge in [0.25, 0.3) is 0 Å². The summed E-state index contributed by atoms with van der Waals surface area (Å²) in [5, 5.41) is 3.25. The summed E-state index contributed by atoms with van der Waals surface area (Å²) >= 11 is 0. The molecule has 0 radical (unpaired) electrons. The van der Waals surface area contributed by atoms with Crippen LogP contribution >= 0.6 is 0 Å². The first-order chi connectivity index (χ1) is 9.36. The van der Waals surface area contributed by atoms with Crippen molar-refractivity contribution in [3.63, 3.8) is 0 Å². The highest BCUT2D eigenvalue weighted by Crippen LogP contribution is 2.29. The van der Waals surface area contributed by atoms with E-state index in [1.54, 1.807) is 12.4 Å². The Balaban J connectivity index is 1.86. The number of hydrogen-bond donors (Lipinski definition) is 1. The Labute approximate surface area is 112 Å². The Hall–Kier alpha value is -1.94. The van der Waals surface area contributed by atoms with E-state index >= 15 is 0 Å². The first kappa shape index (κ1) is 12.1. The highest BCUT2D eigenvalue weighted by atomic mass is 16.5. The normalized spacial score (nSPS) is 16.1. The van der Waals surface area contributed by atoms with E-state index in [1.807, 2.05) is 25.2 Å². The summed E-state index contributed by atoms with van der Waals surface area (Å²) in [5.74, 6) is 1.70. The molecule has 1 saturated carbocycles. The number of hydrogen-bond acceptors (Lipinski definition) is 4. The predicted molar refractivity (Wildman–Crippen MR) is 73.0 cm³/mol. The van der Waals surface area contributed by atoms with Gasteiger partial charge in [-0.05, 0) is 43.7 Å². The molecule has 3 rings (SSSR count). The van der Waals surface area contributed by atoms with Crippen LogP contribution in [0.4, 0.5) is 0 Å². The van der Waals surface area contributed by atoms with Gasteiger partial charge in [-0.25, -0.2) is 9.97 Å². The molecule has 1 aliphatic carbocycles. The lowest BCUT2D eigenvalue weighted by Gasteiger charge is -2.16. The maximum absolute atomic E-state index is 5.83. The van der Waals surface area contributed by atoms with E-state index < -0.39 is 0 Å². The van der Waals surface area contributed by atoms with Crippen molar-refractivity contribution in [3.05, 3.63) is 54.1 Å². The fourth-order valence-electron chi connectivity index (χ4n) is 2.05. The zero-order valence-corrected chi connectivity index (χ0v) is 10.9. The number of nitrogens with zero attached hydrogens (tertiary/aromatic N) is 2. The first-order valence-electron chi connectivity index (χ1n) is 6.57. The van der Waals surface area contributed by atoms with E-state index in [4.69, 9.17) is 4.74 Å². The number of nitrogens with one attached hydrogen (secondary N) is 1. The molecule has 1 fully saturated rings. The van der Waals surface area contributed by atoms with Crippen LogP contribution in [0.5, 0.6) is 5.75 Å². The molecule has 1 N–H and O–H groups in total. The molecular formula is C15H17N3O. The van der Waals surface area contributed by atoms with E-state index in [-0.39, 0.29) is 6.04 Å². The van der Waals surface area contributed by atoms with Gasteiger partial charge in [0.1, 0.15) is 11.6 Å². The first-order valence-corrected chi connectivity index (χ1v) is 6.57. The zero-order valence-electron chi connectivity index (χ0n) is 10.9. The molecule has 0 aliphatic heterocycles. The van der Waals surface area contributed by atoms with Crippen LogP contribution in [0, 0.1) is 0 Å². The molecule has 2 aromatic rings. The molecule has 19 heavy (non-hydrogen) atoms. The molecule has 0 bridgehead atoms. The van der Waals surface area contributed by atoms with Crippen LogP contribution in [0.15, 0.2) is 42.7 Å². The third-order valence-corrected chi connectivity index (χ3v) is 3.15. The quantitative estimate of drug-likeness (QED) is 0.890. The summed E-state index contributed by atoms with van der Waals surface area (Å²) in [5.41, 5.74) is 1.12. The number of ether oxygens (including phenoxy) is 1. The largest absolute Gasteiger partial charge is 0.490 e. The molecule has 1 aromatic heterocycles. The number of aromatic nitrogens is 2. The van der Waals surface area contributed by atoms with E-state index in [0.717, 1.165) is 17.1 Å². The van der Waals surface area contributed by atoms with Crippen molar-refractivity contribution < 1.29 is 4.74 Å². The van der Waals surface area contributed by atoms with E-state index in [1.165, 1.54) is 12.8 Å². The molecule has 0 saturated heterocycles. The Bertz CT molecular complexity index is 540. The van der Waals surface area contributed by atoms with Crippen LogP contribution < -0.4 is 10.1 Å². The van der Waals surface area contributed by atoms with Crippen molar-refractivity contribution in [2.45, 2.75) is 25.0 Å². The molecule has 0 spiro atoms. The van der Waals surface area contributed by atoms with Crippen LogP contribution in [-0.2, 0) is 0 Å². The van der Waals surface area contributed by atoms with Gasteiger partial charge in [-0.2, -0.15) is 0 Å². The third-order valence-electron chi connectivity index (χ3n) is 3.15. The molecule has 98 valence electrons. The number of benzene rings is 1. The van der Waals surface area contributed by atoms with Gasteiger partial charge >= 0.3 is 0 Å². The molecule has 1 aliphatic rings. The minimum atomic E-state index is -0.0102. The summed E-state index contributed by atoms with van der Waals surface area (Å²) in [6.07, 6.45) is 6.27. The summed E-state index contributed by atoms with van der Waals surface area (Å²) in [6, 6.07) is 9.96. The molecule has 4 heteroatoms. The van der Waals surface area contributed by atoms with Crippen molar-refractivity contribution in [1.82, 2.24) is 15.3 Å². The maximum atomic E-state index is 5.83. The highest BCUT2D eigenvalue weighted by Gasteiger charge is 2.24. The van der Waals surface area contributed by atoms with Gasteiger partial charge < -0.3 is 10.1 Å². The van der Waals surface area contributed by atoms with Crippen molar-refractivity contribution in [3.8, 4) is 5.75 Å². The maximum Gasteiger partial charge on any atom is 0.149 e. The Kier molecular flexibility index (Phi) is 3.42. The summed E-state index contributed by atoms with van der Waals surface area (Å²) in [6.45, 7) is 0. The lowest BCUT2D eigenvalue weighted by Crippen LogP contribution is -2.20. The average molecular weight is 255 g/mol. The molecule has 1 unspecified atom stereocenters. The second kappa shape index (κ2) is 5.36. The van der Waals surface area contributed by atoms with Gasteiger partial charge in [-0.15, -0.1) is 0 Å². The van der Waals surface area contributed by atoms with Crippen LogP contribution in [-0.4, -0.2) is 23.1 Å². The minimum absolute atomic E-state index is 0.0102. The van der Waals surface area contributed by atoms with E-state index in [9.17, 15) is 0 Å². The zero-order chi connectivity index (χ0) is 13.1. The molecule has 1 heterocycles. The lowest BCUT2D eigenvalue weighted by molar-refractivity contribution is 0.302. The van der Waals surface area contributed by atoms with Crippen molar-refractivity contribution in [1.29, 1.82) is 0 Å². The highest BCUT2D eigenvalue weighted by molar-refractivity contribution is 5.33. The standard InChI is InChI=1S/C15H17N3O/c1-16-14(15-17-8-3-9-18-15)11-4-2-5-13(10-11)19-12-6-7-12/h2-5,8-10,12,14,16H,6-7H2,1H3. The molecule has 1 aromatic carbocycles. The summed E-state index contributed by atoms with van der Waals surface area (Å²) in [7, 11) is 1.91. The van der Waals surface area contributed by atoms with Gasteiger partial charge in [0.05, 0.1) is 12.1 Å². The molecule has 1 atom stereocenters. The topological polar surface area (TPSA) is 47.0 Å². The van der Waals surface area contributed by atoms with Crippen molar-refractivity contribution in [2.75, 3.05) is 7.05 Å². The Morgan fingerprint density at radius 1 is 1.21 bits per heavy atom. The monoisotopic (exact) mass is 255 g/mol. The molecule has 4 nitrogen and oxygen atoms in total. The minimum Gasteiger partial charge on any atom is -0.490 e. The second-order valence-electron chi connectivity index (χ2n) is 4.72. The fraction of sp³-hybridized carbons (Fsp3) is 0.333. The SMILES string of the molecule is CNC(c1cccc(OC2CC2)c1)c1ncccn1. The summed E-state index contributed by atoms with van der Waals surface area (Å²) < 4.78 is 5.83. The van der Waals surface area contributed by atoms with Gasteiger partial charge in [0.2, 0.25) is 0 Å². The van der Waals surface area contributed by atoms with Crippen LogP contribution in [0.25, 0.3) is 0 Å². The Morgan fingerprint density at radius 2 is 2.00 bits per heavy atom. The van der Waals surface area contributed by atoms with E-state index in [2.05, 4.69) is 27.4 Å². The van der Waals surface area contributed by atoms with Crippen LogP contribution in [0.3, 0.4) is 0 Å². The molecular weight excluding hydrogens is 238 g/mol. The van der Waals surface area contributed by atoms with Crippen LogP contribution in [0.2, 0.25) is 0 Å². The van der Waals surface area contributed by atoms with E-state index in [0.29, 0.717) is 6.10 Å². The predicted octanol–water partition coefficient (Wildman–Crippen LogP) is 2.33. The average Bonchev–Trinajstić information content (AvgIpc) is 3.25. The smallest absolute Gasteiger partial charge is 0.149 e. The third kappa shape index (κ3) is 2.90. The summed E-state index contributed by atoms with van der Waals surface area (Å²) in [4.78, 5) is 8.63.